The number of ether oxygens (including phenoxy) is 2. The Labute approximate surface area is 150 Å². The van der Waals surface area contributed by atoms with Crippen LogP contribution in [0.2, 0.25) is 0 Å². The van der Waals surface area contributed by atoms with Gasteiger partial charge in [0.25, 0.3) is 0 Å². The fourth-order valence-corrected chi connectivity index (χ4v) is 3.42. The van der Waals surface area contributed by atoms with Crippen molar-refractivity contribution >= 4 is 5.97 Å². The Morgan fingerprint density at radius 1 is 1.24 bits per heavy atom. The molecule has 0 aromatic carbocycles. The summed E-state index contributed by atoms with van der Waals surface area (Å²) in [4.78, 5) is 18.4. The van der Waals surface area contributed by atoms with Gasteiger partial charge in [-0.15, -0.1) is 0 Å². The molecule has 5 nitrogen and oxygen atoms in total. The van der Waals surface area contributed by atoms with Gasteiger partial charge in [-0.1, -0.05) is 18.6 Å². The smallest absolute Gasteiger partial charge is 0.309 e. The maximum absolute atomic E-state index is 11.6. The van der Waals surface area contributed by atoms with Gasteiger partial charge >= 0.3 is 5.97 Å². The number of hydrogen-bond donors (Lipinski definition) is 0. The van der Waals surface area contributed by atoms with Crippen LogP contribution in [0.5, 0.6) is 5.88 Å². The van der Waals surface area contributed by atoms with Crippen molar-refractivity contribution in [3.05, 3.63) is 36.0 Å². The number of rotatable bonds is 7. The first-order valence-electron chi connectivity index (χ1n) is 9.43. The van der Waals surface area contributed by atoms with Crippen molar-refractivity contribution in [2.75, 3.05) is 26.3 Å². The molecule has 3 rings (SSSR count). The van der Waals surface area contributed by atoms with Crippen LogP contribution in [-0.4, -0.2) is 42.2 Å². The molecule has 2 aliphatic heterocycles. The lowest BCUT2D eigenvalue weighted by atomic mass is 9.98. The summed E-state index contributed by atoms with van der Waals surface area (Å²) in [6, 6.07) is 4.09. The molecule has 1 unspecified atom stereocenters. The van der Waals surface area contributed by atoms with Crippen molar-refractivity contribution in [2.45, 2.75) is 45.1 Å². The zero-order chi connectivity index (χ0) is 17.3. The molecule has 136 valence electrons. The van der Waals surface area contributed by atoms with E-state index < -0.39 is 0 Å². The third kappa shape index (κ3) is 5.85. The van der Waals surface area contributed by atoms with Crippen LogP contribution < -0.4 is 4.74 Å². The molecule has 25 heavy (non-hydrogen) atoms. The molecule has 1 atom stereocenters. The van der Waals surface area contributed by atoms with E-state index in [1.807, 2.05) is 24.4 Å². The summed E-state index contributed by atoms with van der Waals surface area (Å²) >= 11 is 0. The summed E-state index contributed by atoms with van der Waals surface area (Å²) < 4.78 is 10.8. The van der Waals surface area contributed by atoms with Gasteiger partial charge in [0.15, 0.2) is 0 Å². The first kappa shape index (κ1) is 17.9. The monoisotopic (exact) mass is 344 g/mol. The predicted molar refractivity (Wildman–Crippen MR) is 96.3 cm³/mol. The average Bonchev–Trinajstić information content (AvgIpc) is 2.64. The highest BCUT2D eigenvalue weighted by atomic mass is 16.5. The quantitative estimate of drug-likeness (QED) is 0.561. The Hall–Kier alpha value is -1.88. The summed E-state index contributed by atoms with van der Waals surface area (Å²) in [5.74, 6) is 0.608. The summed E-state index contributed by atoms with van der Waals surface area (Å²) in [7, 11) is 0. The van der Waals surface area contributed by atoms with Crippen LogP contribution in [0.25, 0.3) is 0 Å². The third-order valence-electron chi connectivity index (χ3n) is 4.84. The van der Waals surface area contributed by atoms with E-state index in [1.54, 1.807) is 0 Å². The Balaban J connectivity index is 1.41. The van der Waals surface area contributed by atoms with Crippen molar-refractivity contribution in [1.29, 1.82) is 0 Å². The normalized spacial score (nSPS) is 22.1. The number of hydrogen-bond acceptors (Lipinski definition) is 5. The number of aromatic nitrogens is 1. The van der Waals surface area contributed by atoms with Gasteiger partial charge in [0, 0.05) is 18.8 Å². The van der Waals surface area contributed by atoms with Gasteiger partial charge in [-0.3, -0.25) is 9.69 Å². The molecular weight excluding hydrogens is 316 g/mol. The van der Waals surface area contributed by atoms with Crippen LogP contribution in [0, 0.1) is 5.92 Å². The van der Waals surface area contributed by atoms with Gasteiger partial charge in [-0.05, 0) is 56.8 Å². The molecule has 0 aliphatic carbocycles. The van der Waals surface area contributed by atoms with E-state index >= 15 is 0 Å². The predicted octanol–water partition coefficient (Wildman–Crippen LogP) is 3.35. The van der Waals surface area contributed by atoms with Gasteiger partial charge in [0.05, 0.1) is 12.5 Å². The molecule has 0 amide bonds. The maximum Gasteiger partial charge on any atom is 0.309 e. The number of carbonyl (C=O) groups is 1. The molecule has 1 aromatic rings. The minimum Gasteiger partial charge on any atom is -0.473 e. The maximum atomic E-state index is 11.6. The van der Waals surface area contributed by atoms with E-state index in [-0.39, 0.29) is 11.9 Å². The first-order valence-corrected chi connectivity index (χ1v) is 9.43. The minimum atomic E-state index is -0.0658. The zero-order valence-electron chi connectivity index (χ0n) is 14.9. The lowest BCUT2D eigenvalue weighted by Gasteiger charge is -2.26. The van der Waals surface area contributed by atoms with Crippen LogP contribution in [0.1, 0.15) is 44.1 Å². The van der Waals surface area contributed by atoms with Crippen LogP contribution >= 0.6 is 0 Å². The highest BCUT2D eigenvalue weighted by Crippen LogP contribution is 2.19. The highest BCUT2D eigenvalue weighted by molar-refractivity contribution is 5.73. The number of likely N-dealkylation sites (tertiary alicyclic amines) is 1. The average molecular weight is 344 g/mol. The van der Waals surface area contributed by atoms with E-state index in [0.717, 1.165) is 25.8 Å². The Bertz CT molecular complexity index is 582. The molecule has 0 saturated carbocycles. The number of allylic oxidation sites excluding steroid dienone is 1. The van der Waals surface area contributed by atoms with Crippen LogP contribution in [-0.2, 0) is 16.1 Å². The minimum absolute atomic E-state index is 0.0102. The molecule has 2 fully saturated rings. The number of piperidine rings is 1. The number of esters is 1. The van der Waals surface area contributed by atoms with Gasteiger partial charge < -0.3 is 9.47 Å². The molecule has 2 saturated heterocycles. The molecule has 0 spiro atoms. The van der Waals surface area contributed by atoms with Gasteiger partial charge in [-0.2, -0.15) is 0 Å². The second-order valence-electron chi connectivity index (χ2n) is 6.86. The largest absolute Gasteiger partial charge is 0.473 e. The van der Waals surface area contributed by atoms with E-state index in [0.29, 0.717) is 19.1 Å². The molecule has 0 bridgehead atoms. The van der Waals surface area contributed by atoms with E-state index in [9.17, 15) is 4.79 Å². The standard InChI is InChI=1S/C20H28N2O3/c23-20-18(8-6-14-25-20)7-2-5-13-24-19-15-17(9-10-21-19)16-22-11-3-1-4-12-22/h2,5,9-10,15,18H,1,3-4,6-8,11-14,16H2/b5-2-. The number of nitrogens with zero attached hydrogens (tertiary/aromatic N) is 2. The number of pyridine rings is 1. The summed E-state index contributed by atoms with van der Waals surface area (Å²) in [6.45, 7) is 4.39. The molecule has 5 heteroatoms. The van der Waals surface area contributed by atoms with E-state index in [1.165, 1.54) is 37.9 Å². The van der Waals surface area contributed by atoms with Crippen molar-refractivity contribution in [2.24, 2.45) is 5.92 Å². The molecular formula is C20H28N2O3. The molecule has 1 aromatic heterocycles. The molecule has 0 N–H and O–H groups in total. The number of carbonyl (C=O) groups excluding carboxylic acids is 1. The first-order chi connectivity index (χ1) is 12.3. The molecule has 3 heterocycles. The summed E-state index contributed by atoms with van der Waals surface area (Å²) in [5.41, 5.74) is 1.25. The van der Waals surface area contributed by atoms with Crippen molar-refractivity contribution in [3.63, 3.8) is 0 Å². The van der Waals surface area contributed by atoms with Gasteiger partial charge in [-0.25, -0.2) is 4.98 Å². The SMILES string of the molecule is O=C1OCCCC1C/C=C\COc1cc(CN2CCCCC2)ccn1. The topological polar surface area (TPSA) is 51.7 Å². The second kappa shape index (κ2) is 9.56. The van der Waals surface area contributed by atoms with Crippen LogP contribution in [0.15, 0.2) is 30.5 Å². The van der Waals surface area contributed by atoms with Gasteiger partial charge in [0.2, 0.25) is 5.88 Å². The Morgan fingerprint density at radius 3 is 2.96 bits per heavy atom. The Morgan fingerprint density at radius 2 is 2.12 bits per heavy atom. The fraction of sp³-hybridized carbons (Fsp3) is 0.600. The van der Waals surface area contributed by atoms with Crippen molar-refractivity contribution in [3.8, 4) is 5.88 Å². The van der Waals surface area contributed by atoms with Gasteiger partial charge in [0.1, 0.15) is 6.61 Å². The molecule has 0 radical (unpaired) electrons. The summed E-state index contributed by atoms with van der Waals surface area (Å²) in [5, 5.41) is 0. The Kier molecular flexibility index (Phi) is 6.86. The third-order valence-corrected chi connectivity index (χ3v) is 4.84. The number of cyclic esters (lactones) is 1. The van der Waals surface area contributed by atoms with Crippen molar-refractivity contribution < 1.29 is 14.3 Å². The van der Waals surface area contributed by atoms with Crippen molar-refractivity contribution in [1.82, 2.24) is 9.88 Å². The second-order valence-corrected chi connectivity index (χ2v) is 6.86. The lowest BCUT2D eigenvalue weighted by molar-refractivity contribution is -0.152. The fourth-order valence-electron chi connectivity index (χ4n) is 3.42. The highest BCUT2D eigenvalue weighted by Gasteiger charge is 2.22. The van der Waals surface area contributed by atoms with Crippen LogP contribution in [0.4, 0.5) is 0 Å². The van der Waals surface area contributed by atoms with E-state index in [4.69, 9.17) is 9.47 Å². The lowest BCUT2D eigenvalue weighted by Crippen LogP contribution is -2.29. The van der Waals surface area contributed by atoms with E-state index in [2.05, 4.69) is 16.0 Å². The summed E-state index contributed by atoms with van der Waals surface area (Å²) in [6.07, 6.45) is 12.4. The van der Waals surface area contributed by atoms with Crippen LogP contribution in [0.3, 0.4) is 0 Å². The molecule has 2 aliphatic rings. The zero-order valence-corrected chi connectivity index (χ0v) is 14.9.